The number of esters is 3. The zero-order chi connectivity index (χ0) is 27.1. The number of ether oxygens (including phenoxy) is 3. The van der Waals surface area contributed by atoms with Crippen LogP contribution in [0.5, 0.6) is 17.2 Å². The lowest BCUT2D eigenvalue weighted by molar-refractivity contribution is -0.131. The summed E-state index contributed by atoms with van der Waals surface area (Å²) in [6.45, 7) is 15.9. The van der Waals surface area contributed by atoms with Gasteiger partial charge < -0.3 is 14.2 Å². The van der Waals surface area contributed by atoms with Crippen LogP contribution in [0.25, 0.3) is 22.3 Å². The van der Waals surface area contributed by atoms with E-state index in [-0.39, 0.29) is 5.57 Å². The van der Waals surface area contributed by atoms with E-state index in [1.54, 1.807) is 56.3 Å². The largest absolute Gasteiger partial charge is 0.423 e. The van der Waals surface area contributed by atoms with Crippen LogP contribution < -0.4 is 14.2 Å². The molecule has 0 spiro atoms. The molecule has 0 unspecified atom stereocenters. The van der Waals surface area contributed by atoms with Crippen molar-refractivity contribution in [3.8, 4) is 39.5 Å². The number of benzene rings is 3. The first kappa shape index (κ1) is 26.9. The monoisotopic (exact) mass is 496 g/mol. The maximum absolute atomic E-state index is 12.3. The summed E-state index contributed by atoms with van der Waals surface area (Å²) in [6, 6.07) is 19.3. The lowest BCUT2D eigenvalue weighted by Crippen LogP contribution is -2.10. The van der Waals surface area contributed by atoms with Gasteiger partial charge in [-0.1, -0.05) is 57.0 Å². The van der Waals surface area contributed by atoms with Gasteiger partial charge in [-0.3, -0.25) is 0 Å². The van der Waals surface area contributed by atoms with E-state index in [1.165, 1.54) is 0 Å². The van der Waals surface area contributed by atoms with Gasteiger partial charge in [0.25, 0.3) is 0 Å². The van der Waals surface area contributed by atoms with Crippen molar-refractivity contribution in [3.05, 3.63) is 103 Å². The van der Waals surface area contributed by atoms with Gasteiger partial charge in [0.1, 0.15) is 17.2 Å². The Balaban J connectivity index is 1.95. The topological polar surface area (TPSA) is 78.9 Å². The summed E-state index contributed by atoms with van der Waals surface area (Å²) in [4.78, 5) is 36.1. The summed E-state index contributed by atoms with van der Waals surface area (Å²) in [6.07, 6.45) is 0.498. The molecule has 0 aliphatic carbocycles. The van der Waals surface area contributed by atoms with E-state index in [0.29, 0.717) is 40.4 Å². The van der Waals surface area contributed by atoms with Gasteiger partial charge in [-0.25, -0.2) is 14.4 Å². The number of carbonyl (C=O) groups is 3. The van der Waals surface area contributed by atoms with Crippen LogP contribution >= 0.6 is 0 Å². The van der Waals surface area contributed by atoms with Gasteiger partial charge in [-0.05, 0) is 73.4 Å². The minimum atomic E-state index is -0.540. The highest BCUT2D eigenvalue weighted by atomic mass is 16.5. The first-order valence-corrected chi connectivity index (χ1v) is 11.6. The number of carbonyl (C=O) groups excluding carboxylic acids is 3. The van der Waals surface area contributed by atoms with E-state index < -0.39 is 17.9 Å². The molecule has 188 valence electrons. The van der Waals surface area contributed by atoms with Crippen LogP contribution in [0.4, 0.5) is 0 Å². The Morgan fingerprint density at radius 3 is 1.59 bits per heavy atom. The van der Waals surface area contributed by atoms with E-state index >= 15 is 0 Å². The predicted octanol–water partition coefficient (Wildman–Crippen LogP) is 6.86. The van der Waals surface area contributed by atoms with Gasteiger partial charge >= 0.3 is 17.9 Å². The summed E-state index contributed by atoms with van der Waals surface area (Å²) in [7, 11) is 0. The van der Waals surface area contributed by atoms with Gasteiger partial charge in [-0.15, -0.1) is 0 Å². The summed E-state index contributed by atoms with van der Waals surface area (Å²) in [5.74, 6) is -0.383. The number of hydrogen-bond acceptors (Lipinski definition) is 6. The van der Waals surface area contributed by atoms with Crippen molar-refractivity contribution in [2.75, 3.05) is 0 Å². The molecule has 3 aromatic rings. The van der Waals surface area contributed by atoms with Gasteiger partial charge in [0, 0.05) is 22.3 Å². The quantitative estimate of drug-likeness (QED) is 0.183. The number of rotatable bonds is 9. The highest BCUT2D eigenvalue weighted by molar-refractivity contribution is 5.91. The smallest absolute Gasteiger partial charge is 0.338 e. The zero-order valence-electron chi connectivity index (χ0n) is 21.1. The minimum Gasteiger partial charge on any atom is -0.423 e. The van der Waals surface area contributed by atoms with Gasteiger partial charge in [0.15, 0.2) is 0 Å². The molecule has 0 aromatic heterocycles. The molecule has 0 radical (unpaired) electrons. The van der Waals surface area contributed by atoms with E-state index in [0.717, 1.165) is 16.7 Å². The van der Waals surface area contributed by atoms with E-state index in [4.69, 9.17) is 14.2 Å². The first-order valence-electron chi connectivity index (χ1n) is 11.6. The Morgan fingerprint density at radius 2 is 1.08 bits per heavy atom. The van der Waals surface area contributed by atoms with Crippen LogP contribution in [-0.2, 0) is 14.4 Å². The third kappa shape index (κ3) is 6.92. The molecule has 0 saturated heterocycles. The third-order valence-corrected chi connectivity index (χ3v) is 5.37. The normalized spacial score (nSPS) is 10.2. The van der Waals surface area contributed by atoms with Gasteiger partial charge in [-0.2, -0.15) is 0 Å². The van der Waals surface area contributed by atoms with Crippen molar-refractivity contribution in [1.82, 2.24) is 0 Å². The van der Waals surface area contributed by atoms with E-state index in [1.807, 2.05) is 31.2 Å². The second-order valence-electron chi connectivity index (χ2n) is 8.45. The molecule has 0 heterocycles. The van der Waals surface area contributed by atoms with Crippen molar-refractivity contribution in [3.63, 3.8) is 0 Å². The van der Waals surface area contributed by atoms with Gasteiger partial charge in [0.2, 0.25) is 0 Å². The molecule has 0 N–H and O–H groups in total. The Kier molecular flexibility index (Phi) is 8.59. The van der Waals surface area contributed by atoms with Crippen LogP contribution in [-0.4, -0.2) is 17.9 Å². The molecule has 0 bridgehead atoms. The highest BCUT2D eigenvalue weighted by Gasteiger charge is 2.15. The molecule has 6 nitrogen and oxygen atoms in total. The third-order valence-electron chi connectivity index (χ3n) is 5.37. The van der Waals surface area contributed by atoms with Crippen molar-refractivity contribution in [2.45, 2.75) is 27.2 Å². The summed E-state index contributed by atoms with van der Waals surface area (Å²) >= 11 is 0. The Labute approximate surface area is 216 Å². The predicted molar refractivity (Wildman–Crippen MR) is 143 cm³/mol. The van der Waals surface area contributed by atoms with E-state index in [2.05, 4.69) is 19.7 Å². The minimum absolute atomic E-state index is 0.272. The summed E-state index contributed by atoms with van der Waals surface area (Å²) in [5, 5.41) is 0. The second kappa shape index (κ2) is 11.8. The molecule has 0 saturated carbocycles. The summed E-state index contributed by atoms with van der Waals surface area (Å²) < 4.78 is 16.2. The molecule has 3 aromatic carbocycles. The second-order valence-corrected chi connectivity index (χ2v) is 8.45. The Hall–Kier alpha value is -4.71. The molecule has 0 aliphatic rings. The van der Waals surface area contributed by atoms with Crippen molar-refractivity contribution in [1.29, 1.82) is 0 Å². The average Bonchev–Trinajstić information content (AvgIpc) is 2.89. The molecule has 0 fully saturated rings. The van der Waals surface area contributed by atoms with Crippen LogP contribution in [0.3, 0.4) is 0 Å². The van der Waals surface area contributed by atoms with Crippen molar-refractivity contribution in [2.24, 2.45) is 0 Å². The van der Waals surface area contributed by atoms with Gasteiger partial charge in [0.05, 0.1) is 0 Å². The van der Waals surface area contributed by atoms with Crippen molar-refractivity contribution < 1.29 is 28.6 Å². The van der Waals surface area contributed by atoms with E-state index in [9.17, 15) is 14.4 Å². The maximum atomic E-state index is 12.3. The maximum Gasteiger partial charge on any atom is 0.338 e. The average molecular weight is 497 g/mol. The molecular formula is C31H28O6. The van der Waals surface area contributed by atoms with Crippen LogP contribution in [0.1, 0.15) is 27.2 Å². The fraction of sp³-hybridized carbons (Fsp3) is 0.129. The molecule has 37 heavy (non-hydrogen) atoms. The summed E-state index contributed by atoms with van der Waals surface area (Å²) in [5.41, 5.74) is 4.06. The Bertz CT molecular complexity index is 1380. The lowest BCUT2D eigenvalue weighted by atomic mass is 9.98. The molecule has 0 amide bonds. The van der Waals surface area contributed by atoms with Crippen LogP contribution in [0.15, 0.2) is 103 Å². The zero-order valence-corrected chi connectivity index (χ0v) is 21.1. The SMILES string of the molecule is C=C(C)C(=O)Oc1ccc(-c2ccc(OC(=O)C(=C)C)c(-c3ccc(OC(=O)C(=C)CC)cc3)c2)cc1. The molecule has 0 aliphatic heterocycles. The first-order chi connectivity index (χ1) is 17.6. The standard InChI is InChI=1S/C31H28O6/c1-7-21(6)31(34)36-26-15-10-23(11-16-26)27-18-24(12-17-28(27)37-30(33)20(4)5)22-8-13-25(14-9-22)35-29(32)19(2)3/h8-18H,2,4,6-7H2,1,3,5H3. The molecular weight excluding hydrogens is 468 g/mol. The van der Waals surface area contributed by atoms with Crippen LogP contribution in [0, 0.1) is 0 Å². The fourth-order valence-electron chi connectivity index (χ4n) is 3.15. The van der Waals surface area contributed by atoms with Crippen molar-refractivity contribution >= 4 is 17.9 Å². The fourth-order valence-corrected chi connectivity index (χ4v) is 3.15. The molecule has 6 heteroatoms. The highest BCUT2D eigenvalue weighted by Crippen LogP contribution is 2.36. The van der Waals surface area contributed by atoms with Crippen LogP contribution in [0.2, 0.25) is 0 Å². The molecule has 3 rings (SSSR count). The Morgan fingerprint density at radius 1 is 0.622 bits per heavy atom. The molecule has 0 atom stereocenters. The number of hydrogen-bond donors (Lipinski definition) is 0. The lowest BCUT2D eigenvalue weighted by Gasteiger charge is -2.14.